The van der Waals surface area contributed by atoms with Crippen LogP contribution in [0.2, 0.25) is 0 Å². The summed E-state index contributed by atoms with van der Waals surface area (Å²) in [6.45, 7) is 0.314. The van der Waals surface area contributed by atoms with E-state index in [2.05, 4.69) is 15.4 Å². The third kappa shape index (κ3) is 3.97. The van der Waals surface area contributed by atoms with Crippen LogP contribution in [0.3, 0.4) is 0 Å². The van der Waals surface area contributed by atoms with Crippen LogP contribution in [-0.4, -0.2) is 49.0 Å². The molecule has 1 atom stereocenters. The van der Waals surface area contributed by atoms with Crippen molar-refractivity contribution in [3.05, 3.63) is 30.3 Å². The molecule has 1 aliphatic rings. The first-order chi connectivity index (χ1) is 10.6. The van der Waals surface area contributed by atoms with E-state index in [1.54, 1.807) is 12.1 Å². The van der Waals surface area contributed by atoms with Crippen LogP contribution >= 0.6 is 0 Å². The van der Waals surface area contributed by atoms with E-state index in [1.165, 1.54) is 12.0 Å². The van der Waals surface area contributed by atoms with Crippen molar-refractivity contribution in [2.75, 3.05) is 25.5 Å². The molecule has 1 aliphatic heterocycles. The lowest BCUT2D eigenvalue weighted by atomic mass is 10.2. The Balaban J connectivity index is 1.93. The maximum Gasteiger partial charge on any atom is 0.325 e. The minimum absolute atomic E-state index is 0.194. The lowest BCUT2D eigenvalue weighted by Crippen LogP contribution is -2.48. The van der Waals surface area contributed by atoms with E-state index in [4.69, 9.17) is 0 Å². The number of para-hydroxylation sites is 1. The topological polar surface area (TPSA) is 87.7 Å². The highest BCUT2D eigenvalue weighted by Gasteiger charge is 2.34. The van der Waals surface area contributed by atoms with Gasteiger partial charge in [-0.15, -0.1) is 0 Å². The fourth-order valence-corrected chi connectivity index (χ4v) is 2.35. The van der Waals surface area contributed by atoms with E-state index in [1.807, 2.05) is 18.2 Å². The van der Waals surface area contributed by atoms with Gasteiger partial charge in [-0.1, -0.05) is 18.2 Å². The summed E-state index contributed by atoms with van der Waals surface area (Å²) in [5.41, 5.74) is 0.674. The summed E-state index contributed by atoms with van der Waals surface area (Å²) in [5.74, 6) is -0.863. The second-order valence-electron chi connectivity index (χ2n) is 4.94. The summed E-state index contributed by atoms with van der Waals surface area (Å²) in [7, 11) is 1.25. The number of carbonyl (C=O) groups is 3. The third-order valence-corrected chi connectivity index (χ3v) is 3.48. The summed E-state index contributed by atoms with van der Waals surface area (Å²) in [5, 5.41) is 5.25. The van der Waals surface area contributed by atoms with E-state index in [0.29, 0.717) is 18.7 Å². The number of benzene rings is 1. The highest BCUT2D eigenvalue weighted by atomic mass is 16.5. The van der Waals surface area contributed by atoms with E-state index in [0.717, 1.165) is 6.42 Å². The Bertz CT molecular complexity index is 547. The summed E-state index contributed by atoms with van der Waals surface area (Å²) in [6, 6.07) is 8.17. The number of urea groups is 1. The number of ether oxygens (including phenoxy) is 1. The standard InChI is InChI=1S/C15H19N3O4/c1-22-13(19)10-16-14(20)12-8-5-9-18(12)15(21)17-11-6-3-2-4-7-11/h2-4,6-7,12H,5,8-10H2,1H3,(H,16,20)(H,17,21)/t12-/m1/s1. The molecular weight excluding hydrogens is 286 g/mol. The van der Waals surface area contributed by atoms with Crippen LogP contribution in [0.4, 0.5) is 10.5 Å². The van der Waals surface area contributed by atoms with Gasteiger partial charge in [-0.05, 0) is 25.0 Å². The lowest BCUT2D eigenvalue weighted by Gasteiger charge is -2.24. The van der Waals surface area contributed by atoms with E-state index in [-0.39, 0.29) is 18.5 Å². The van der Waals surface area contributed by atoms with Gasteiger partial charge in [-0.3, -0.25) is 9.59 Å². The number of hydrogen-bond acceptors (Lipinski definition) is 4. The molecular formula is C15H19N3O4. The zero-order valence-electron chi connectivity index (χ0n) is 12.4. The monoisotopic (exact) mass is 305 g/mol. The molecule has 1 aromatic carbocycles. The second kappa shape index (κ2) is 7.44. The van der Waals surface area contributed by atoms with Crippen LogP contribution in [0.1, 0.15) is 12.8 Å². The number of anilines is 1. The van der Waals surface area contributed by atoms with Crippen LogP contribution in [0.5, 0.6) is 0 Å². The van der Waals surface area contributed by atoms with Crippen LogP contribution in [0.25, 0.3) is 0 Å². The van der Waals surface area contributed by atoms with Crippen molar-refractivity contribution in [3.63, 3.8) is 0 Å². The van der Waals surface area contributed by atoms with Gasteiger partial charge in [0.05, 0.1) is 7.11 Å². The van der Waals surface area contributed by atoms with Gasteiger partial charge >= 0.3 is 12.0 Å². The van der Waals surface area contributed by atoms with Crippen LogP contribution < -0.4 is 10.6 Å². The number of hydrogen-bond donors (Lipinski definition) is 2. The van der Waals surface area contributed by atoms with Gasteiger partial charge in [0.2, 0.25) is 5.91 Å². The summed E-state index contributed by atoms with van der Waals surface area (Å²) in [6.07, 6.45) is 1.33. The molecule has 1 fully saturated rings. The van der Waals surface area contributed by atoms with Crippen molar-refractivity contribution in [3.8, 4) is 0 Å². The fourth-order valence-electron chi connectivity index (χ4n) is 2.35. The lowest BCUT2D eigenvalue weighted by molar-refractivity contribution is -0.141. The van der Waals surface area contributed by atoms with Crippen molar-refractivity contribution in [1.29, 1.82) is 0 Å². The average molecular weight is 305 g/mol. The highest BCUT2D eigenvalue weighted by Crippen LogP contribution is 2.19. The molecule has 2 rings (SSSR count). The van der Waals surface area contributed by atoms with Crippen molar-refractivity contribution in [1.82, 2.24) is 10.2 Å². The number of methoxy groups -OCH3 is 1. The first-order valence-corrected chi connectivity index (χ1v) is 7.09. The molecule has 7 nitrogen and oxygen atoms in total. The molecule has 0 aliphatic carbocycles. The molecule has 0 bridgehead atoms. The Labute approximate surface area is 128 Å². The number of carbonyl (C=O) groups excluding carboxylic acids is 3. The quantitative estimate of drug-likeness (QED) is 0.812. The summed E-state index contributed by atoms with van der Waals surface area (Å²) < 4.78 is 4.47. The van der Waals surface area contributed by atoms with E-state index >= 15 is 0 Å². The van der Waals surface area contributed by atoms with Crippen molar-refractivity contribution < 1.29 is 19.1 Å². The largest absolute Gasteiger partial charge is 0.468 e. The van der Waals surface area contributed by atoms with Gasteiger partial charge in [-0.25, -0.2) is 4.79 Å². The van der Waals surface area contributed by atoms with Gasteiger partial charge in [-0.2, -0.15) is 0 Å². The maximum atomic E-state index is 12.3. The number of nitrogens with one attached hydrogen (secondary N) is 2. The predicted octanol–water partition coefficient (Wildman–Crippen LogP) is 0.972. The first kappa shape index (κ1) is 15.8. The Morgan fingerprint density at radius 1 is 1.27 bits per heavy atom. The molecule has 1 saturated heterocycles. The highest BCUT2D eigenvalue weighted by molar-refractivity contribution is 5.94. The number of nitrogens with zero attached hydrogens (tertiary/aromatic N) is 1. The Morgan fingerprint density at radius 3 is 2.68 bits per heavy atom. The number of likely N-dealkylation sites (tertiary alicyclic amines) is 1. The molecule has 3 amide bonds. The molecule has 0 saturated carbocycles. The zero-order valence-corrected chi connectivity index (χ0v) is 12.4. The van der Waals surface area contributed by atoms with Gasteiger partial charge in [0.1, 0.15) is 12.6 Å². The minimum Gasteiger partial charge on any atom is -0.468 e. The Hall–Kier alpha value is -2.57. The van der Waals surface area contributed by atoms with E-state index < -0.39 is 12.0 Å². The summed E-state index contributed by atoms with van der Waals surface area (Å²) >= 11 is 0. The normalized spacial score (nSPS) is 17.0. The molecule has 0 spiro atoms. The van der Waals surface area contributed by atoms with Crippen molar-refractivity contribution in [2.45, 2.75) is 18.9 Å². The van der Waals surface area contributed by atoms with Gasteiger partial charge in [0.15, 0.2) is 0 Å². The van der Waals surface area contributed by atoms with Crippen LogP contribution in [-0.2, 0) is 14.3 Å². The SMILES string of the molecule is COC(=O)CNC(=O)[C@H]1CCCN1C(=O)Nc1ccccc1. The van der Waals surface area contributed by atoms with Crippen LogP contribution in [0.15, 0.2) is 30.3 Å². The van der Waals surface area contributed by atoms with Crippen molar-refractivity contribution >= 4 is 23.6 Å². The molecule has 1 heterocycles. The zero-order chi connectivity index (χ0) is 15.9. The molecule has 0 aromatic heterocycles. The molecule has 2 N–H and O–H groups in total. The van der Waals surface area contributed by atoms with Gasteiger partial charge in [0, 0.05) is 12.2 Å². The fraction of sp³-hybridized carbons (Fsp3) is 0.400. The summed E-state index contributed by atoms with van der Waals surface area (Å²) in [4.78, 5) is 36.9. The number of rotatable bonds is 4. The third-order valence-electron chi connectivity index (χ3n) is 3.48. The molecule has 22 heavy (non-hydrogen) atoms. The second-order valence-corrected chi connectivity index (χ2v) is 4.94. The molecule has 7 heteroatoms. The Kier molecular flexibility index (Phi) is 5.35. The van der Waals surface area contributed by atoms with Crippen LogP contribution in [0, 0.1) is 0 Å². The van der Waals surface area contributed by atoms with Crippen molar-refractivity contribution in [2.24, 2.45) is 0 Å². The average Bonchev–Trinajstić information content (AvgIpc) is 3.03. The smallest absolute Gasteiger partial charge is 0.325 e. The molecule has 0 unspecified atom stereocenters. The molecule has 0 radical (unpaired) electrons. The van der Waals surface area contributed by atoms with E-state index in [9.17, 15) is 14.4 Å². The molecule has 1 aromatic rings. The van der Waals surface area contributed by atoms with Gasteiger partial charge in [0.25, 0.3) is 0 Å². The number of amides is 3. The molecule has 118 valence electrons. The Morgan fingerprint density at radius 2 is 2.00 bits per heavy atom. The number of esters is 1. The maximum absolute atomic E-state index is 12.3. The first-order valence-electron chi connectivity index (χ1n) is 7.09. The minimum atomic E-state index is -0.562. The predicted molar refractivity (Wildman–Crippen MR) is 80.2 cm³/mol. The van der Waals surface area contributed by atoms with Gasteiger partial charge < -0.3 is 20.3 Å².